The first kappa shape index (κ1) is 74.1. The molecule has 0 saturated heterocycles. The zero-order chi connectivity index (χ0) is 56.4. The highest BCUT2D eigenvalue weighted by atomic mass is 31.2. The van der Waals surface area contributed by atoms with Gasteiger partial charge in [0.15, 0.2) is 12.2 Å². The highest BCUT2D eigenvalue weighted by Crippen LogP contribution is 2.45. The number of unbranched alkanes of at least 4 members (excludes halogenated alkanes) is 29. The summed E-state index contributed by atoms with van der Waals surface area (Å²) in [6.45, 7) is 6.97. The van der Waals surface area contributed by atoms with Crippen molar-refractivity contribution >= 4 is 39.5 Å². The lowest BCUT2D eigenvalue weighted by Gasteiger charge is -2.21. The Bertz CT molecular complexity index is 1500. The third-order valence-electron chi connectivity index (χ3n) is 13.0. The molecule has 0 heterocycles. The van der Waals surface area contributed by atoms with Gasteiger partial charge in [0.05, 0.1) is 26.4 Å². The van der Waals surface area contributed by atoms with Gasteiger partial charge in [-0.15, -0.1) is 0 Å². The Hall–Kier alpha value is -1.94. The number of hydrogen-bond acceptors (Lipinski definition) is 15. The summed E-state index contributed by atoms with van der Waals surface area (Å²) in [5.41, 5.74) is 0. The maximum atomic E-state index is 12.9. The number of phosphoric ester groups is 2. The van der Waals surface area contributed by atoms with E-state index in [1.165, 1.54) is 70.6 Å². The van der Waals surface area contributed by atoms with E-state index < -0.39 is 97.5 Å². The van der Waals surface area contributed by atoms with Gasteiger partial charge < -0.3 is 33.8 Å². The fourth-order valence-electron chi connectivity index (χ4n) is 8.34. The zero-order valence-corrected chi connectivity index (χ0v) is 50.2. The van der Waals surface area contributed by atoms with Crippen LogP contribution in [0.25, 0.3) is 0 Å². The van der Waals surface area contributed by atoms with Gasteiger partial charge in [0, 0.05) is 25.7 Å². The molecule has 0 aliphatic carbocycles. The van der Waals surface area contributed by atoms with Gasteiger partial charge in [-0.2, -0.15) is 0 Å². The molecule has 3 N–H and O–H groups in total. The molecule has 450 valence electrons. The topological polar surface area (TPSA) is 237 Å². The summed E-state index contributed by atoms with van der Waals surface area (Å²) < 4.78 is 67.5. The van der Waals surface area contributed by atoms with Gasteiger partial charge in [-0.3, -0.25) is 37.3 Å². The summed E-state index contributed by atoms with van der Waals surface area (Å²) in [4.78, 5) is 71.6. The Morgan fingerprint density at radius 3 is 0.895 bits per heavy atom. The van der Waals surface area contributed by atoms with Crippen molar-refractivity contribution < 1.29 is 80.2 Å². The number of hydrogen-bond donors (Lipinski definition) is 3. The molecule has 0 saturated carbocycles. The van der Waals surface area contributed by atoms with Crippen LogP contribution in [0.15, 0.2) is 0 Å². The van der Waals surface area contributed by atoms with Crippen LogP contribution in [0.1, 0.15) is 279 Å². The second-order valence-electron chi connectivity index (χ2n) is 21.2. The molecule has 17 nitrogen and oxygen atoms in total. The number of aliphatic hydroxyl groups is 1. The van der Waals surface area contributed by atoms with E-state index in [2.05, 4.69) is 34.6 Å². The third kappa shape index (κ3) is 51.5. The predicted molar refractivity (Wildman–Crippen MR) is 298 cm³/mol. The molecule has 0 radical (unpaired) electrons. The monoisotopic (exact) mass is 1130 g/mol. The van der Waals surface area contributed by atoms with Crippen LogP contribution in [0.2, 0.25) is 0 Å². The lowest BCUT2D eigenvalue weighted by molar-refractivity contribution is -0.161. The molecule has 2 unspecified atom stereocenters. The molecule has 0 aromatic carbocycles. The number of carbonyl (C=O) groups excluding carboxylic acids is 4. The molecule has 5 atom stereocenters. The van der Waals surface area contributed by atoms with Gasteiger partial charge in [0.2, 0.25) is 0 Å². The summed E-state index contributed by atoms with van der Waals surface area (Å²) in [5.74, 6) is -1.47. The lowest BCUT2D eigenvalue weighted by atomic mass is 10.0. The Labute approximate surface area is 460 Å². The van der Waals surface area contributed by atoms with Crippen molar-refractivity contribution in [2.75, 3.05) is 39.6 Å². The van der Waals surface area contributed by atoms with Gasteiger partial charge in [0.25, 0.3) is 0 Å². The zero-order valence-electron chi connectivity index (χ0n) is 48.4. The minimum absolute atomic E-state index is 0.103. The van der Waals surface area contributed by atoms with Crippen molar-refractivity contribution in [3.63, 3.8) is 0 Å². The van der Waals surface area contributed by atoms with Crippen LogP contribution in [0, 0.1) is 5.92 Å². The van der Waals surface area contributed by atoms with Crippen LogP contribution >= 0.6 is 15.6 Å². The smallest absolute Gasteiger partial charge is 0.462 e. The number of rotatable bonds is 57. The molecule has 0 aliphatic rings. The first-order valence-corrected chi connectivity index (χ1v) is 33.1. The molecule has 0 spiro atoms. The van der Waals surface area contributed by atoms with Gasteiger partial charge in [-0.1, -0.05) is 227 Å². The Balaban J connectivity index is 5.18. The highest BCUT2D eigenvalue weighted by Gasteiger charge is 2.30. The first-order valence-electron chi connectivity index (χ1n) is 30.1. The van der Waals surface area contributed by atoms with E-state index in [4.69, 9.17) is 37.0 Å². The number of aliphatic hydroxyl groups excluding tert-OH is 1. The number of carbonyl (C=O) groups is 4. The van der Waals surface area contributed by atoms with E-state index in [0.717, 1.165) is 122 Å². The van der Waals surface area contributed by atoms with Crippen LogP contribution in [0.4, 0.5) is 0 Å². The largest absolute Gasteiger partial charge is 0.472 e. The van der Waals surface area contributed by atoms with Crippen molar-refractivity contribution in [3.8, 4) is 0 Å². The molecule has 0 aromatic rings. The second kappa shape index (κ2) is 51.2. The maximum Gasteiger partial charge on any atom is 0.472 e. The molecule has 0 bridgehead atoms. The van der Waals surface area contributed by atoms with Gasteiger partial charge >= 0.3 is 39.5 Å². The average molecular weight is 1130 g/mol. The SMILES string of the molecule is CCCCCCCCCCCCCCCC(=O)O[C@H](COC(=O)CCCCCCCCC(C)C)COP(=O)(O)OC[C@@H](O)COP(=O)(O)OC[C@@H](COC(=O)CCCCCCCCC)OC(=O)CCCCCCCCC. The number of esters is 4. The van der Waals surface area contributed by atoms with E-state index in [-0.39, 0.29) is 25.7 Å². The van der Waals surface area contributed by atoms with E-state index in [0.29, 0.717) is 31.6 Å². The van der Waals surface area contributed by atoms with Crippen LogP contribution < -0.4 is 0 Å². The summed E-state index contributed by atoms with van der Waals surface area (Å²) >= 11 is 0. The second-order valence-corrected chi connectivity index (χ2v) is 24.1. The van der Waals surface area contributed by atoms with E-state index >= 15 is 0 Å². The Kier molecular flexibility index (Phi) is 49.9. The first-order chi connectivity index (χ1) is 36.5. The predicted octanol–water partition coefficient (Wildman–Crippen LogP) is 15.1. The molecular weight excluding hydrogens is 1020 g/mol. The molecule has 0 amide bonds. The maximum absolute atomic E-state index is 12.9. The quantitative estimate of drug-likeness (QED) is 0.0222. The third-order valence-corrected chi connectivity index (χ3v) is 14.9. The molecule has 0 rings (SSSR count). The molecule has 19 heteroatoms. The minimum atomic E-state index is -4.93. The van der Waals surface area contributed by atoms with Gasteiger partial charge in [-0.25, -0.2) is 9.13 Å². The normalized spacial score (nSPS) is 14.4. The van der Waals surface area contributed by atoms with E-state index in [1.54, 1.807) is 0 Å². The standard InChI is InChI=1S/C57H110O17P2/c1-6-9-12-15-18-19-20-21-22-23-26-33-38-43-57(62)74-53(47-68-55(60)41-36-31-28-27-29-34-39-50(4)5)49-72-76(65,66)70-45-51(58)44-69-75(63,64)71-48-52(73-56(61)42-37-32-25-17-14-11-8-3)46-67-54(59)40-35-30-24-16-13-10-7-2/h50-53,58H,6-49H2,1-5H3,(H,63,64)(H,65,66)/t51-,52+,53+/m0/s1. The van der Waals surface area contributed by atoms with Crippen LogP contribution in [-0.4, -0.2) is 96.7 Å². The fraction of sp³-hybridized carbons (Fsp3) is 0.930. The molecule has 0 aliphatic heterocycles. The number of phosphoric acid groups is 2. The van der Waals surface area contributed by atoms with Gasteiger partial charge in [-0.05, 0) is 31.6 Å². The molecule has 76 heavy (non-hydrogen) atoms. The summed E-state index contributed by atoms with van der Waals surface area (Å²) in [6.07, 6.45) is 32.4. The summed E-state index contributed by atoms with van der Waals surface area (Å²) in [7, 11) is -9.86. The van der Waals surface area contributed by atoms with Crippen LogP contribution in [0.3, 0.4) is 0 Å². The Morgan fingerprint density at radius 1 is 0.355 bits per heavy atom. The van der Waals surface area contributed by atoms with Crippen LogP contribution in [-0.2, 0) is 65.4 Å². The molecular formula is C57H110O17P2. The highest BCUT2D eigenvalue weighted by molar-refractivity contribution is 7.47. The van der Waals surface area contributed by atoms with Crippen molar-refractivity contribution in [2.45, 2.75) is 297 Å². The van der Waals surface area contributed by atoms with Crippen molar-refractivity contribution in [3.05, 3.63) is 0 Å². The van der Waals surface area contributed by atoms with E-state index in [1.807, 2.05) is 0 Å². The summed E-state index contributed by atoms with van der Waals surface area (Å²) in [6, 6.07) is 0. The van der Waals surface area contributed by atoms with Crippen molar-refractivity contribution in [1.82, 2.24) is 0 Å². The number of ether oxygens (including phenoxy) is 4. The van der Waals surface area contributed by atoms with Crippen molar-refractivity contribution in [2.24, 2.45) is 5.92 Å². The van der Waals surface area contributed by atoms with Gasteiger partial charge in [0.1, 0.15) is 19.3 Å². The average Bonchev–Trinajstić information content (AvgIpc) is 3.38. The Morgan fingerprint density at radius 2 is 0.605 bits per heavy atom. The van der Waals surface area contributed by atoms with Crippen molar-refractivity contribution in [1.29, 1.82) is 0 Å². The van der Waals surface area contributed by atoms with E-state index in [9.17, 15) is 43.2 Å². The lowest BCUT2D eigenvalue weighted by Crippen LogP contribution is -2.30. The minimum Gasteiger partial charge on any atom is -0.462 e. The molecule has 0 fully saturated rings. The fourth-order valence-corrected chi connectivity index (χ4v) is 9.92. The summed E-state index contributed by atoms with van der Waals surface area (Å²) in [5, 5.41) is 10.5. The van der Waals surface area contributed by atoms with Crippen LogP contribution in [0.5, 0.6) is 0 Å². The molecule has 0 aromatic heterocycles.